The molecule has 6 nitrogen and oxygen atoms in total. The first-order chi connectivity index (χ1) is 12.4. The first-order valence-electron chi connectivity index (χ1n) is 7.80. The number of phenols is 1. The summed E-state index contributed by atoms with van der Waals surface area (Å²) in [6, 6.07) is 10.2. The van der Waals surface area contributed by atoms with E-state index >= 15 is 0 Å². The van der Waals surface area contributed by atoms with Gasteiger partial charge in [0.2, 0.25) is 0 Å². The summed E-state index contributed by atoms with van der Waals surface area (Å²) < 4.78 is 19.2. The van der Waals surface area contributed by atoms with Gasteiger partial charge in [0.1, 0.15) is 23.0 Å². The maximum absolute atomic E-state index is 12.9. The fraction of sp³-hybridized carbons (Fsp3) is 0.105. The molecule has 7 heteroatoms. The molecule has 1 heterocycles. The van der Waals surface area contributed by atoms with Crippen LogP contribution in [0.5, 0.6) is 11.5 Å². The molecule has 1 aromatic heterocycles. The molecule has 2 aromatic carbocycles. The average Bonchev–Trinajstić information content (AvgIpc) is 3.09. The summed E-state index contributed by atoms with van der Waals surface area (Å²) in [6.45, 7) is 3.56. The molecule has 132 valence electrons. The summed E-state index contributed by atoms with van der Waals surface area (Å²) in [5.41, 5.74) is 2.47. The molecule has 0 spiro atoms. The van der Waals surface area contributed by atoms with Gasteiger partial charge in [-0.25, -0.2) is 9.18 Å². The van der Waals surface area contributed by atoms with Gasteiger partial charge in [-0.2, -0.15) is 5.11 Å². The Balaban J connectivity index is 1.71. The molecule has 0 amide bonds. The third-order valence-electron chi connectivity index (χ3n) is 3.66. The molecule has 26 heavy (non-hydrogen) atoms. The fourth-order valence-corrected chi connectivity index (χ4v) is 2.32. The molecule has 0 fully saturated rings. The van der Waals surface area contributed by atoms with E-state index in [1.165, 1.54) is 41.2 Å². The van der Waals surface area contributed by atoms with Gasteiger partial charge in [-0.1, -0.05) is 0 Å². The number of halogens is 1. The largest absolute Gasteiger partial charge is 0.507 e. The van der Waals surface area contributed by atoms with Crippen LogP contribution < -0.4 is 4.74 Å². The summed E-state index contributed by atoms with van der Waals surface area (Å²) >= 11 is 0. The van der Waals surface area contributed by atoms with Gasteiger partial charge in [-0.3, -0.25) is 4.57 Å². The van der Waals surface area contributed by atoms with Crippen molar-refractivity contribution in [3.05, 3.63) is 71.8 Å². The molecule has 3 aromatic rings. The smallest absolute Gasteiger partial charge is 0.423 e. The lowest BCUT2D eigenvalue weighted by molar-refractivity contribution is 0.202. The van der Waals surface area contributed by atoms with Gasteiger partial charge >= 0.3 is 6.09 Å². The van der Waals surface area contributed by atoms with Gasteiger partial charge in [-0.05, 0) is 67.4 Å². The van der Waals surface area contributed by atoms with E-state index in [1.54, 1.807) is 32.0 Å². The molecule has 0 radical (unpaired) electrons. The molecule has 0 bridgehead atoms. The van der Waals surface area contributed by atoms with Gasteiger partial charge in [0, 0.05) is 12.4 Å². The molecule has 0 atom stereocenters. The van der Waals surface area contributed by atoms with Crippen molar-refractivity contribution in [2.75, 3.05) is 0 Å². The Kier molecular flexibility index (Phi) is 4.79. The van der Waals surface area contributed by atoms with Crippen LogP contribution in [-0.4, -0.2) is 15.8 Å². The van der Waals surface area contributed by atoms with Gasteiger partial charge in [0.15, 0.2) is 0 Å². The number of rotatable bonds is 3. The fourth-order valence-electron chi connectivity index (χ4n) is 2.32. The number of phenolic OH excluding ortho intramolecular Hbond substituents is 1. The highest BCUT2D eigenvalue weighted by molar-refractivity contribution is 5.74. The molecule has 0 aliphatic heterocycles. The molecule has 1 N–H and O–H groups in total. The second kappa shape index (κ2) is 7.18. The molecule has 0 aliphatic rings. The lowest BCUT2D eigenvalue weighted by Gasteiger charge is -2.04. The third kappa shape index (κ3) is 3.94. The second-order valence-corrected chi connectivity index (χ2v) is 5.73. The van der Waals surface area contributed by atoms with E-state index in [0.717, 1.165) is 0 Å². The van der Waals surface area contributed by atoms with E-state index in [2.05, 4.69) is 10.2 Å². The SMILES string of the molecule is Cc1cc(/N=N/c2ccn(C(=O)Oc3ccc(F)cc3)c2)cc(C)c1O. The third-order valence-corrected chi connectivity index (χ3v) is 3.66. The zero-order valence-corrected chi connectivity index (χ0v) is 14.2. The number of hydrogen-bond donors (Lipinski definition) is 1. The Labute approximate surface area is 149 Å². The number of aryl methyl sites for hydroxylation is 2. The first kappa shape index (κ1) is 17.3. The summed E-state index contributed by atoms with van der Waals surface area (Å²) in [7, 11) is 0. The molecular formula is C19H16FN3O3. The van der Waals surface area contributed by atoms with Crippen molar-refractivity contribution in [1.82, 2.24) is 4.57 Å². The van der Waals surface area contributed by atoms with E-state index in [1.807, 2.05) is 0 Å². The van der Waals surface area contributed by atoms with Crippen LogP contribution in [0.15, 0.2) is 65.1 Å². The topological polar surface area (TPSA) is 76.2 Å². The lowest BCUT2D eigenvalue weighted by Crippen LogP contribution is -2.14. The zero-order chi connectivity index (χ0) is 18.7. The van der Waals surface area contributed by atoms with Crippen LogP contribution in [-0.2, 0) is 0 Å². The van der Waals surface area contributed by atoms with Crippen LogP contribution >= 0.6 is 0 Å². The Morgan fingerprint density at radius 1 is 1.04 bits per heavy atom. The highest BCUT2D eigenvalue weighted by Crippen LogP contribution is 2.28. The number of aromatic hydroxyl groups is 1. The van der Waals surface area contributed by atoms with Gasteiger partial charge in [0.05, 0.1) is 5.69 Å². The van der Waals surface area contributed by atoms with E-state index in [4.69, 9.17) is 4.74 Å². The standard InChI is InChI=1S/C19H16FN3O3/c1-12-9-16(10-13(2)18(12)24)22-21-15-7-8-23(11-15)19(25)26-17-5-3-14(20)4-6-17/h3-11,24H,1-2H3/b22-21+. The van der Waals surface area contributed by atoms with Crippen molar-refractivity contribution in [2.45, 2.75) is 13.8 Å². The predicted molar refractivity (Wildman–Crippen MR) is 94.0 cm³/mol. The van der Waals surface area contributed by atoms with E-state index in [-0.39, 0.29) is 11.5 Å². The number of carbonyl (C=O) groups excluding carboxylic acids is 1. The Bertz CT molecular complexity index is 955. The molecule has 0 aliphatic carbocycles. The number of azo groups is 1. The monoisotopic (exact) mass is 353 g/mol. The Hall–Kier alpha value is -3.48. The van der Waals surface area contributed by atoms with Crippen molar-refractivity contribution < 1.29 is 19.0 Å². The van der Waals surface area contributed by atoms with Crippen LogP contribution in [0, 0.1) is 19.7 Å². The number of hydrogen-bond acceptors (Lipinski definition) is 5. The minimum atomic E-state index is -0.644. The lowest BCUT2D eigenvalue weighted by atomic mass is 10.1. The number of carbonyl (C=O) groups is 1. The Morgan fingerprint density at radius 3 is 2.31 bits per heavy atom. The maximum atomic E-state index is 12.9. The average molecular weight is 353 g/mol. The zero-order valence-electron chi connectivity index (χ0n) is 14.2. The van der Waals surface area contributed by atoms with E-state index < -0.39 is 11.9 Å². The number of nitrogens with zero attached hydrogens (tertiary/aromatic N) is 3. The number of aromatic nitrogens is 1. The van der Waals surface area contributed by atoms with Crippen LogP contribution in [0.2, 0.25) is 0 Å². The van der Waals surface area contributed by atoms with Crippen molar-refractivity contribution in [3.63, 3.8) is 0 Å². The quantitative estimate of drug-likeness (QED) is 0.639. The van der Waals surface area contributed by atoms with E-state index in [9.17, 15) is 14.3 Å². The summed E-state index contributed by atoms with van der Waals surface area (Å²) in [4.78, 5) is 12.1. The predicted octanol–water partition coefficient (Wildman–Crippen LogP) is 5.41. The molecule has 0 unspecified atom stereocenters. The van der Waals surface area contributed by atoms with Gasteiger partial charge in [-0.15, -0.1) is 5.11 Å². The summed E-state index contributed by atoms with van der Waals surface area (Å²) in [5.74, 6) is 0.0649. The van der Waals surface area contributed by atoms with Crippen molar-refractivity contribution in [2.24, 2.45) is 10.2 Å². The molecular weight excluding hydrogens is 337 g/mol. The summed E-state index contributed by atoms with van der Waals surface area (Å²) in [5, 5.41) is 18.0. The maximum Gasteiger partial charge on any atom is 0.423 e. The van der Waals surface area contributed by atoms with Gasteiger partial charge < -0.3 is 9.84 Å². The van der Waals surface area contributed by atoms with Crippen LogP contribution in [0.3, 0.4) is 0 Å². The molecule has 3 rings (SSSR count). The van der Waals surface area contributed by atoms with Crippen LogP contribution in [0.1, 0.15) is 11.1 Å². The van der Waals surface area contributed by atoms with Crippen molar-refractivity contribution >= 4 is 17.5 Å². The minimum Gasteiger partial charge on any atom is -0.507 e. The highest BCUT2D eigenvalue weighted by atomic mass is 19.1. The highest BCUT2D eigenvalue weighted by Gasteiger charge is 2.09. The summed E-state index contributed by atoms with van der Waals surface area (Å²) in [6.07, 6.45) is 2.32. The number of benzene rings is 2. The number of ether oxygens (including phenoxy) is 1. The first-order valence-corrected chi connectivity index (χ1v) is 7.80. The van der Waals surface area contributed by atoms with E-state index in [0.29, 0.717) is 22.5 Å². The Morgan fingerprint density at radius 2 is 1.65 bits per heavy atom. The van der Waals surface area contributed by atoms with Crippen LogP contribution in [0.25, 0.3) is 0 Å². The molecule has 0 saturated carbocycles. The van der Waals surface area contributed by atoms with Gasteiger partial charge in [0.25, 0.3) is 0 Å². The normalized spacial score (nSPS) is 11.0. The van der Waals surface area contributed by atoms with Crippen molar-refractivity contribution in [3.8, 4) is 11.5 Å². The molecule has 0 saturated heterocycles. The second-order valence-electron chi connectivity index (χ2n) is 5.73. The van der Waals surface area contributed by atoms with Crippen molar-refractivity contribution in [1.29, 1.82) is 0 Å². The van der Waals surface area contributed by atoms with Crippen LogP contribution in [0.4, 0.5) is 20.6 Å². The minimum absolute atomic E-state index is 0.235.